The fourth-order valence-corrected chi connectivity index (χ4v) is 3.09. The van der Waals surface area contributed by atoms with Crippen molar-refractivity contribution in [3.63, 3.8) is 0 Å². The zero-order valence-electron chi connectivity index (χ0n) is 11.7. The Labute approximate surface area is 133 Å². The molecule has 4 nitrogen and oxygen atoms in total. The quantitative estimate of drug-likeness (QED) is 0.838. The second kappa shape index (κ2) is 7.04. The number of halogens is 1. The van der Waals surface area contributed by atoms with Gasteiger partial charge in [-0.25, -0.2) is 13.4 Å². The van der Waals surface area contributed by atoms with Crippen LogP contribution < -0.4 is 4.72 Å². The first-order valence-electron chi connectivity index (χ1n) is 6.74. The van der Waals surface area contributed by atoms with E-state index in [9.17, 15) is 8.42 Å². The summed E-state index contributed by atoms with van der Waals surface area (Å²) in [6.45, 7) is 2.13. The van der Waals surface area contributed by atoms with Gasteiger partial charge in [-0.05, 0) is 58.6 Å². The Morgan fingerprint density at radius 3 is 2.43 bits per heavy atom. The van der Waals surface area contributed by atoms with Crippen LogP contribution >= 0.6 is 15.9 Å². The SMILES string of the molecule is CCCCc1ccc(S(=O)(=O)Nc2ccc(Br)cn2)cc1. The van der Waals surface area contributed by atoms with Crippen LogP contribution in [0.1, 0.15) is 25.3 Å². The maximum absolute atomic E-state index is 12.2. The van der Waals surface area contributed by atoms with Gasteiger partial charge in [-0.15, -0.1) is 0 Å². The molecule has 0 spiro atoms. The van der Waals surface area contributed by atoms with Crippen LogP contribution in [0.2, 0.25) is 0 Å². The van der Waals surface area contributed by atoms with Crippen molar-refractivity contribution in [3.05, 3.63) is 52.6 Å². The molecular formula is C15H17BrN2O2S. The highest BCUT2D eigenvalue weighted by atomic mass is 79.9. The van der Waals surface area contributed by atoms with Crippen molar-refractivity contribution < 1.29 is 8.42 Å². The summed E-state index contributed by atoms with van der Waals surface area (Å²) in [4.78, 5) is 4.25. The molecule has 1 N–H and O–H groups in total. The Hall–Kier alpha value is -1.40. The maximum Gasteiger partial charge on any atom is 0.263 e. The van der Waals surface area contributed by atoms with Crippen molar-refractivity contribution in [2.75, 3.05) is 4.72 Å². The third-order valence-electron chi connectivity index (χ3n) is 3.02. The highest BCUT2D eigenvalue weighted by molar-refractivity contribution is 9.10. The first-order valence-corrected chi connectivity index (χ1v) is 9.02. The first-order chi connectivity index (χ1) is 10.0. The van der Waals surface area contributed by atoms with Crippen molar-refractivity contribution in [3.8, 4) is 0 Å². The molecule has 0 radical (unpaired) electrons. The Morgan fingerprint density at radius 1 is 1.14 bits per heavy atom. The molecule has 6 heteroatoms. The van der Waals surface area contributed by atoms with E-state index < -0.39 is 10.0 Å². The first kappa shape index (κ1) is 16.0. The van der Waals surface area contributed by atoms with E-state index in [-0.39, 0.29) is 4.90 Å². The van der Waals surface area contributed by atoms with Gasteiger partial charge in [-0.2, -0.15) is 0 Å². The lowest BCUT2D eigenvalue weighted by molar-refractivity contribution is 0.601. The molecule has 0 bridgehead atoms. The van der Waals surface area contributed by atoms with Crippen LogP contribution in [0.15, 0.2) is 52.0 Å². The number of nitrogens with one attached hydrogen (secondary N) is 1. The predicted octanol–water partition coefficient (Wildman–Crippen LogP) is 3.99. The molecule has 0 aliphatic carbocycles. The number of rotatable bonds is 6. The van der Waals surface area contributed by atoms with Crippen LogP contribution in [0, 0.1) is 0 Å². The summed E-state index contributed by atoms with van der Waals surface area (Å²) < 4.78 is 27.8. The van der Waals surface area contributed by atoms with Crippen LogP contribution in [-0.4, -0.2) is 13.4 Å². The fourth-order valence-electron chi connectivity index (χ4n) is 1.85. The van der Waals surface area contributed by atoms with E-state index in [1.165, 1.54) is 0 Å². The van der Waals surface area contributed by atoms with Crippen molar-refractivity contribution in [2.45, 2.75) is 31.1 Å². The Balaban J connectivity index is 2.13. The Bertz CT molecular complexity index is 683. The minimum atomic E-state index is -3.59. The lowest BCUT2D eigenvalue weighted by Crippen LogP contribution is -2.13. The molecule has 0 saturated heterocycles. The van der Waals surface area contributed by atoms with Crippen molar-refractivity contribution >= 4 is 31.8 Å². The molecule has 1 heterocycles. The smallest absolute Gasteiger partial charge is 0.263 e. The molecule has 2 rings (SSSR count). The second-order valence-corrected chi connectivity index (χ2v) is 7.31. The number of benzene rings is 1. The molecule has 1 aromatic carbocycles. The molecule has 21 heavy (non-hydrogen) atoms. The van der Waals surface area contributed by atoms with E-state index in [0.29, 0.717) is 5.82 Å². The van der Waals surface area contributed by atoms with E-state index >= 15 is 0 Å². The standard InChI is InChI=1S/C15H17BrN2O2S/c1-2-3-4-12-5-8-14(9-6-12)21(19,20)18-15-10-7-13(16)11-17-15/h5-11H,2-4H2,1H3,(H,17,18). The molecule has 0 fully saturated rings. The Morgan fingerprint density at radius 2 is 1.86 bits per heavy atom. The third-order valence-corrected chi connectivity index (χ3v) is 4.86. The summed E-state index contributed by atoms with van der Waals surface area (Å²) in [7, 11) is -3.59. The van der Waals surface area contributed by atoms with Crippen LogP contribution in [0.25, 0.3) is 0 Å². The lowest BCUT2D eigenvalue weighted by atomic mass is 10.1. The number of aryl methyl sites for hydroxylation is 1. The van der Waals surface area contributed by atoms with Gasteiger partial charge in [-0.3, -0.25) is 4.72 Å². The molecule has 0 amide bonds. The average Bonchev–Trinajstić information content (AvgIpc) is 2.48. The third kappa shape index (κ3) is 4.54. The van der Waals surface area contributed by atoms with E-state index in [0.717, 1.165) is 29.3 Å². The molecular weight excluding hydrogens is 352 g/mol. The number of unbranched alkanes of at least 4 members (excludes halogenated alkanes) is 1. The van der Waals surface area contributed by atoms with Gasteiger partial charge in [0.1, 0.15) is 5.82 Å². The number of pyridine rings is 1. The number of aromatic nitrogens is 1. The van der Waals surface area contributed by atoms with Crippen molar-refractivity contribution in [1.82, 2.24) is 4.98 Å². The number of anilines is 1. The molecule has 2 aromatic rings. The highest BCUT2D eigenvalue weighted by Gasteiger charge is 2.14. The zero-order chi connectivity index (χ0) is 15.3. The lowest BCUT2D eigenvalue weighted by Gasteiger charge is -2.08. The second-order valence-electron chi connectivity index (χ2n) is 4.71. The number of nitrogens with zero attached hydrogens (tertiary/aromatic N) is 1. The molecule has 112 valence electrons. The minimum Gasteiger partial charge on any atom is -0.263 e. The van der Waals surface area contributed by atoms with Crippen molar-refractivity contribution in [1.29, 1.82) is 0 Å². The highest BCUT2D eigenvalue weighted by Crippen LogP contribution is 2.17. The summed E-state index contributed by atoms with van der Waals surface area (Å²) in [5, 5.41) is 0. The van der Waals surface area contributed by atoms with E-state index in [1.807, 2.05) is 12.1 Å². The van der Waals surface area contributed by atoms with Gasteiger partial charge in [-0.1, -0.05) is 25.5 Å². The Kier molecular flexibility index (Phi) is 5.36. The van der Waals surface area contributed by atoms with Crippen LogP contribution in [0.4, 0.5) is 5.82 Å². The van der Waals surface area contributed by atoms with Gasteiger partial charge < -0.3 is 0 Å². The number of sulfonamides is 1. The molecule has 0 aliphatic rings. The van der Waals surface area contributed by atoms with Crippen molar-refractivity contribution in [2.24, 2.45) is 0 Å². The fraction of sp³-hybridized carbons (Fsp3) is 0.267. The summed E-state index contributed by atoms with van der Waals surface area (Å²) in [5.74, 6) is 0.299. The maximum atomic E-state index is 12.2. The average molecular weight is 369 g/mol. The van der Waals surface area contributed by atoms with E-state index in [1.54, 1.807) is 30.5 Å². The monoisotopic (exact) mass is 368 g/mol. The summed E-state index contributed by atoms with van der Waals surface area (Å²) in [6.07, 6.45) is 4.74. The topological polar surface area (TPSA) is 59.1 Å². The van der Waals surface area contributed by atoms with Gasteiger partial charge in [0, 0.05) is 10.7 Å². The molecule has 0 saturated carbocycles. The molecule has 0 unspecified atom stereocenters. The van der Waals surface area contributed by atoms with E-state index in [2.05, 4.69) is 32.6 Å². The predicted molar refractivity (Wildman–Crippen MR) is 87.8 cm³/mol. The van der Waals surface area contributed by atoms with Gasteiger partial charge in [0.15, 0.2) is 0 Å². The summed E-state index contributed by atoms with van der Waals surface area (Å²) >= 11 is 3.26. The van der Waals surface area contributed by atoms with Gasteiger partial charge >= 0.3 is 0 Å². The summed E-state index contributed by atoms with van der Waals surface area (Å²) in [5.41, 5.74) is 1.15. The minimum absolute atomic E-state index is 0.243. The number of hydrogen-bond acceptors (Lipinski definition) is 3. The van der Waals surface area contributed by atoms with Crippen LogP contribution in [-0.2, 0) is 16.4 Å². The molecule has 0 aliphatic heterocycles. The molecule has 0 atom stereocenters. The van der Waals surface area contributed by atoms with Gasteiger partial charge in [0.2, 0.25) is 0 Å². The molecule has 1 aromatic heterocycles. The van der Waals surface area contributed by atoms with E-state index in [4.69, 9.17) is 0 Å². The van der Waals surface area contributed by atoms with Crippen LogP contribution in [0.3, 0.4) is 0 Å². The normalized spacial score (nSPS) is 11.3. The number of hydrogen-bond donors (Lipinski definition) is 1. The summed E-state index contributed by atoms with van der Waals surface area (Å²) in [6, 6.07) is 10.3. The largest absolute Gasteiger partial charge is 0.263 e. The zero-order valence-corrected chi connectivity index (χ0v) is 14.1. The van der Waals surface area contributed by atoms with Gasteiger partial charge in [0.25, 0.3) is 10.0 Å². The van der Waals surface area contributed by atoms with Gasteiger partial charge in [0.05, 0.1) is 4.90 Å². The van der Waals surface area contributed by atoms with Crippen LogP contribution in [0.5, 0.6) is 0 Å².